The lowest BCUT2D eigenvalue weighted by Crippen LogP contribution is -2.18. The summed E-state index contributed by atoms with van der Waals surface area (Å²) in [6.07, 6.45) is 0. The first-order valence-corrected chi connectivity index (χ1v) is 9.31. The van der Waals surface area contributed by atoms with Gasteiger partial charge >= 0.3 is 0 Å². The molecule has 0 spiro atoms. The first-order valence-electron chi connectivity index (χ1n) is 8.52. The van der Waals surface area contributed by atoms with Gasteiger partial charge in [-0.05, 0) is 48.0 Å². The Morgan fingerprint density at radius 3 is 2.50 bits per heavy atom. The summed E-state index contributed by atoms with van der Waals surface area (Å²) in [6.45, 7) is 2.87. The number of carbonyl (C=O) groups excluding carboxylic acids is 2. The van der Waals surface area contributed by atoms with E-state index in [1.807, 2.05) is 0 Å². The highest BCUT2D eigenvalue weighted by molar-refractivity contribution is 9.10. The van der Waals surface area contributed by atoms with E-state index in [0.717, 1.165) is 25.1 Å². The Bertz CT molecular complexity index is 1060. The molecule has 0 fully saturated rings. The number of hydrogen-bond acceptors (Lipinski definition) is 5. The number of allylic oxidation sites excluding steroid dienone is 1. The maximum atomic E-state index is 14.6. The van der Waals surface area contributed by atoms with Crippen LogP contribution < -0.4 is 15.4 Å². The van der Waals surface area contributed by atoms with Gasteiger partial charge in [0, 0.05) is 10.5 Å². The van der Waals surface area contributed by atoms with E-state index in [4.69, 9.17) is 10.00 Å². The van der Waals surface area contributed by atoms with Crippen molar-refractivity contribution in [1.29, 1.82) is 5.26 Å². The minimum atomic E-state index is -1.04. The Hall–Kier alpha value is -3.45. The van der Waals surface area contributed by atoms with Crippen molar-refractivity contribution in [1.82, 2.24) is 0 Å². The summed E-state index contributed by atoms with van der Waals surface area (Å²) < 4.78 is 34.2. The van der Waals surface area contributed by atoms with Gasteiger partial charge in [0.25, 0.3) is 11.8 Å². The Labute approximate surface area is 179 Å². The minimum Gasteiger partial charge on any atom is -0.511 e. The largest absolute Gasteiger partial charge is 0.511 e. The van der Waals surface area contributed by atoms with Gasteiger partial charge in [0.2, 0.25) is 0 Å². The molecule has 30 heavy (non-hydrogen) atoms. The van der Waals surface area contributed by atoms with Crippen LogP contribution in [-0.4, -0.2) is 23.5 Å². The molecule has 0 aliphatic heterocycles. The summed E-state index contributed by atoms with van der Waals surface area (Å²) in [5.41, 5.74) is -1.35. The van der Waals surface area contributed by atoms with E-state index in [2.05, 4.69) is 26.6 Å². The fraction of sp³-hybridized carbons (Fsp3) is 0.150. The number of rotatable bonds is 6. The average molecular weight is 480 g/mol. The molecule has 0 bridgehead atoms. The number of ether oxygens (including phenoxy) is 1. The number of nitriles is 1. The molecule has 0 saturated heterocycles. The van der Waals surface area contributed by atoms with Crippen molar-refractivity contribution >= 4 is 39.1 Å². The molecule has 0 aliphatic carbocycles. The van der Waals surface area contributed by atoms with Crippen LogP contribution in [-0.2, 0) is 4.79 Å². The highest BCUT2D eigenvalue weighted by atomic mass is 79.9. The number of nitrogens with zero attached hydrogens (tertiary/aromatic N) is 1. The van der Waals surface area contributed by atoms with Gasteiger partial charge in [-0.3, -0.25) is 9.59 Å². The van der Waals surface area contributed by atoms with Crippen LogP contribution in [0.25, 0.3) is 0 Å². The molecule has 0 aliphatic rings. The molecule has 0 atom stereocenters. The van der Waals surface area contributed by atoms with Crippen molar-refractivity contribution in [2.24, 2.45) is 0 Å². The Kier molecular flexibility index (Phi) is 7.49. The van der Waals surface area contributed by atoms with E-state index in [1.54, 1.807) is 6.92 Å². The zero-order chi connectivity index (χ0) is 22.4. The zero-order valence-corrected chi connectivity index (χ0v) is 17.4. The Morgan fingerprint density at radius 1 is 1.23 bits per heavy atom. The van der Waals surface area contributed by atoms with E-state index in [-0.39, 0.29) is 33.8 Å². The molecule has 0 aromatic heterocycles. The van der Waals surface area contributed by atoms with E-state index in [9.17, 15) is 23.5 Å². The summed E-state index contributed by atoms with van der Waals surface area (Å²) >= 11 is 3.12. The summed E-state index contributed by atoms with van der Waals surface area (Å²) in [5.74, 6) is -4.20. The third-order valence-corrected chi connectivity index (χ3v) is 4.42. The van der Waals surface area contributed by atoms with Gasteiger partial charge in [-0.1, -0.05) is 6.07 Å². The Balaban J connectivity index is 2.41. The van der Waals surface area contributed by atoms with Gasteiger partial charge in [0.15, 0.2) is 5.57 Å². The van der Waals surface area contributed by atoms with Crippen molar-refractivity contribution in [2.45, 2.75) is 13.8 Å². The molecular weight excluding hydrogens is 464 g/mol. The molecule has 2 aromatic carbocycles. The van der Waals surface area contributed by atoms with E-state index >= 15 is 0 Å². The molecule has 3 N–H and O–H groups in total. The van der Waals surface area contributed by atoms with Crippen molar-refractivity contribution in [2.75, 3.05) is 17.2 Å². The maximum absolute atomic E-state index is 14.6. The van der Waals surface area contributed by atoms with Crippen molar-refractivity contribution in [3.05, 3.63) is 63.3 Å². The number of amides is 2. The average Bonchev–Trinajstić information content (AvgIpc) is 2.67. The second-order valence-electron chi connectivity index (χ2n) is 5.84. The maximum Gasteiger partial charge on any atom is 0.269 e. The summed E-state index contributed by atoms with van der Waals surface area (Å²) in [6, 6.07) is 7.48. The lowest BCUT2D eigenvalue weighted by molar-refractivity contribution is -0.112. The highest BCUT2D eigenvalue weighted by Gasteiger charge is 2.21. The first kappa shape index (κ1) is 22.8. The monoisotopic (exact) mass is 479 g/mol. The van der Waals surface area contributed by atoms with E-state index in [1.165, 1.54) is 18.2 Å². The van der Waals surface area contributed by atoms with Crippen molar-refractivity contribution < 1.29 is 28.2 Å². The number of benzene rings is 2. The predicted octanol–water partition coefficient (Wildman–Crippen LogP) is 4.67. The minimum absolute atomic E-state index is 0.0811. The molecule has 10 heteroatoms. The number of aliphatic hydroxyl groups is 1. The third kappa shape index (κ3) is 5.12. The molecule has 2 aromatic rings. The van der Waals surface area contributed by atoms with Crippen LogP contribution in [0, 0.1) is 23.0 Å². The summed E-state index contributed by atoms with van der Waals surface area (Å²) in [5, 5.41) is 22.8. The molecule has 2 rings (SSSR count). The van der Waals surface area contributed by atoms with E-state index < -0.39 is 34.8 Å². The lowest BCUT2D eigenvalue weighted by Gasteiger charge is -2.15. The highest BCUT2D eigenvalue weighted by Crippen LogP contribution is 2.30. The molecule has 0 unspecified atom stereocenters. The van der Waals surface area contributed by atoms with Crippen LogP contribution in [0.15, 0.2) is 46.1 Å². The molecule has 0 saturated carbocycles. The normalized spacial score (nSPS) is 11.2. The Morgan fingerprint density at radius 2 is 1.93 bits per heavy atom. The fourth-order valence-corrected chi connectivity index (χ4v) is 2.82. The van der Waals surface area contributed by atoms with Gasteiger partial charge in [0.1, 0.15) is 29.2 Å². The van der Waals surface area contributed by atoms with Crippen molar-refractivity contribution in [3.8, 4) is 11.8 Å². The van der Waals surface area contributed by atoms with Gasteiger partial charge in [-0.15, -0.1) is 0 Å². The van der Waals surface area contributed by atoms with Gasteiger partial charge in [-0.25, -0.2) is 8.78 Å². The smallest absolute Gasteiger partial charge is 0.269 e. The molecule has 2 amide bonds. The summed E-state index contributed by atoms with van der Waals surface area (Å²) in [7, 11) is 0. The second kappa shape index (κ2) is 9.84. The fourth-order valence-electron chi connectivity index (χ4n) is 2.38. The quantitative estimate of drug-likeness (QED) is 0.316. The van der Waals surface area contributed by atoms with Crippen LogP contribution in [0.1, 0.15) is 24.2 Å². The van der Waals surface area contributed by atoms with Crippen molar-refractivity contribution in [3.63, 3.8) is 0 Å². The topological polar surface area (TPSA) is 111 Å². The number of anilines is 2. The predicted molar refractivity (Wildman–Crippen MR) is 109 cm³/mol. The van der Waals surface area contributed by atoms with Gasteiger partial charge in [0.05, 0.1) is 23.5 Å². The molecule has 0 radical (unpaired) electrons. The molecule has 0 heterocycles. The number of para-hydroxylation sites is 1. The number of nitrogens with one attached hydrogen (secondary N) is 2. The van der Waals surface area contributed by atoms with E-state index in [0.29, 0.717) is 0 Å². The zero-order valence-electron chi connectivity index (χ0n) is 15.8. The number of carbonyl (C=O) groups is 2. The lowest BCUT2D eigenvalue weighted by atomic mass is 10.1. The SMILES string of the molecule is CCOc1cc(NC(=O)/C(C#N)=C(/C)O)c(F)cc1C(=O)Nc1c(F)cccc1Br. The second-order valence-corrected chi connectivity index (χ2v) is 6.69. The molecular formula is C20H16BrF2N3O4. The van der Waals surface area contributed by atoms with Crippen LogP contribution in [0.4, 0.5) is 20.2 Å². The third-order valence-electron chi connectivity index (χ3n) is 3.76. The van der Waals surface area contributed by atoms with Crippen LogP contribution in [0.2, 0.25) is 0 Å². The van der Waals surface area contributed by atoms with Crippen LogP contribution in [0.3, 0.4) is 0 Å². The van der Waals surface area contributed by atoms with Crippen LogP contribution >= 0.6 is 15.9 Å². The standard InChI is InChI=1S/C20H16BrF2N3O4/c1-3-30-17-8-16(25-20(29)12(9-24)10(2)27)15(23)7-11(17)19(28)26-18-13(21)5-4-6-14(18)22/h4-8,27H,3H2,1-2H3,(H,25,29)(H,26,28)/b12-10-. The van der Waals surface area contributed by atoms with Gasteiger partial charge < -0.3 is 20.5 Å². The number of hydrogen-bond donors (Lipinski definition) is 3. The summed E-state index contributed by atoms with van der Waals surface area (Å²) in [4.78, 5) is 24.7. The first-order chi connectivity index (χ1) is 14.2. The molecule has 7 nitrogen and oxygen atoms in total. The van der Waals surface area contributed by atoms with Gasteiger partial charge in [-0.2, -0.15) is 5.26 Å². The van der Waals surface area contributed by atoms with Crippen LogP contribution in [0.5, 0.6) is 5.75 Å². The molecule has 156 valence electrons. The number of aliphatic hydroxyl groups excluding tert-OH is 1. The number of halogens is 3.